The van der Waals surface area contributed by atoms with E-state index >= 15 is 0 Å². The largest absolute Gasteiger partial charge is 0.399 e. The summed E-state index contributed by atoms with van der Waals surface area (Å²) in [4.78, 5) is 24.2. The molecular formula is C18H18N8O2. The molecule has 1 N–H and O–H groups in total. The minimum Gasteiger partial charge on any atom is -0.399 e. The Morgan fingerprint density at radius 3 is 3.00 bits per heavy atom. The molecule has 0 radical (unpaired) electrons. The number of aromatic nitrogens is 6. The molecule has 1 unspecified atom stereocenters. The summed E-state index contributed by atoms with van der Waals surface area (Å²) in [6, 6.07) is 7.65. The standard InChI is InChI=1S/C18H18N8O2/c1-24(2)18-22-21-16(28-18)17(27)25-8-6-12-14(20-10-19-12)15(25)13-9-11-5-3-4-7-26(11)23-13/h3-5,7,9-10,15H,6,8H2,1-2H3,(H,19,20). The molecule has 4 aromatic rings. The van der Waals surface area contributed by atoms with Crippen molar-refractivity contribution in [1.82, 2.24) is 34.7 Å². The molecule has 0 aromatic carbocycles. The van der Waals surface area contributed by atoms with Gasteiger partial charge in [-0.2, -0.15) is 5.10 Å². The summed E-state index contributed by atoms with van der Waals surface area (Å²) >= 11 is 0. The third kappa shape index (κ3) is 2.53. The molecule has 4 aromatic heterocycles. The number of pyridine rings is 1. The first kappa shape index (κ1) is 16.5. The third-order valence-electron chi connectivity index (χ3n) is 4.83. The fourth-order valence-corrected chi connectivity index (χ4v) is 3.49. The van der Waals surface area contributed by atoms with Gasteiger partial charge in [0.1, 0.15) is 6.04 Å². The van der Waals surface area contributed by atoms with Crippen LogP contribution in [0.3, 0.4) is 0 Å². The van der Waals surface area contributed by atoms with Crippen molar-refractivity contribution in [1.29, 1.82) is 0 Å². The number of amides is 1. The molecule has 0 aliphatic carbocycles. The fourth-order valence-electron chi connectivity index (χ4n) is 3.49. The maximum atomic E-state index is 13.2. The molecule has 10 nitrogen and oxygen atoms in total. The first-order valence-electron chi connectivity index (χ1n) is 8.90. The molecule has 0 bridgehead atoms. The van der Waals surface area contributed by atoms with E-state index in [4.69, 9.17) is 4.42 Å². The average molecular weight is 378 g/mol. The van der Waals surface area contributed by atoms with Crippen molar-refractivity contribution in [3.8, 4) is 0 Å². The van der Waals surface area contributed by atoms with Crippen LogP contribution in [0.15, 0.2) is 41.2 Å². The number of rotatable bonds is 3. The van der Waals surface area contributed by atoms with Crippen molar-refractivity contribution in [3.05, 3.63) is 59.8 Å². The van der Waals surface area contributed by atoms with Gasteiger partial charge in [-0.1, -0.05) is 11.2 Å². The third-order valence-corrected chi connectivity index (χ3v) is 4.83. The molecule has 28 heavy (non-hydrogen) atoms. The highest BCUT2D eigenvalue weighted by Crippen LogP contribution is 2.34. The van der Waals surface area contributed by atoms with Crippen molar-refractivity contribution >= 4 is 17.4 Å². The minimum atomic E-state index is -0.433. The normalized spacial score (nSPS) is 16.4. The topological polar surface area (TPSA) is 108 Å². The second kappa shape index (κ2) is 6.19. The van der Waals surface area contributed by atoms with E-state index < -0.39 is 6.04 Å². The lowest BCUT2D eigenvalue weighted by molar-refractivity contribution is 0.0646. The fraction of sp³-hybridized carbons (Fsp3) is 0.278. The van der Waals surface area contributed by atoms with Crippen LogP contribution in [0.5, 0.6) is 0 Å². The lowest BCUT2D eigenvalue weighted by Gasteiger charge is -2.32. The van der Waals surface area contributed by atoms with Gasteiger partial charge < -0.3 is 19.2 Å². The number of nitrogens with zero attached hydrogens (tertiary/aromatic N) is 7. The van der Waals surface area contributed by atoms with Gasteiger partial charge in [-0.05, 0) is 18.2 Å². The van der Waals surface area contributed by atoms with Crippen LogP contribution in [0.4, 0.5) is 6.01 Å². The minimum absolute atomic E-state index is 0.0450. The summed E-state index contributed by atoms with van der Waals surface area (Å²) < 4.78 is 7.32. The van der Waals surface area contributed by atoms with Crippen LogP contribution in [0.25, 0.3) is 5.52 Å². The summed E-state index contributed by atoms with van der Waals surface area (Å²) in [6.45, 7) is 0.492. The van der Waals surface area contributed by atoms with Crippen molar-refractivity contribution in [2.45, 2.75) is 12.5 Å². The number of hydrogen-bond donors (Lipinski definition) is 1. The molecule has 1 aliphatic heterocycles. The predicted molar refractivity (Wildman–Crippen MR) is 99.0 cm³/mol. The van der Waals surface area contributed by atoms with Gasteiger partial charge in [0.25, 0.3) is 0 Å². The molecule has 0 saturated heterocycles. The highest BCUT2D eigenvalue weighted by Gasteiger charge is 2.38. The van der Waals surface area contributed by atoms with E-state index in [-0.39, 0.29) is 17.8 Å². The maximum absolute atomic E-state index is 13.2. The number of H-pyrrole nitrogens is 1. The zero-order chi connectivity index (χ0) is 19.3. The molecule has 10 heteroatoms. The van der Waals surface area contributed by atoms with E-state index in [2.05, 4.69) is 25.3 Å². The van der Waals surface area contributed by atoms with E-state index in [9.17, 15) is 4.79 Å². The van der Waals surface area contributed by atoms with Crippen LogP contribution in [-0.4, -0.2) is 61.2 Å². The van der Waals surface area contributed by atoms with Gasteiger partial charge >= 0.3 is 17.8 Å². The van der Waals surface area contributed by atoms with Gasteiger partial charge in [0, 0.05) is 39.0 Å². The molecule has 142 valence electrons. The summed E-state index contributed by atoms with van der Waals surface area (Å²) in [5, 5.41) is 12.5. The van der Waals surface area contributed by atoms with Gasteiger partial charge in [-0.15, -0.1) is 5.10 Å². The zero-order valence-corrected chi connectivity index (χ0v) is 15.4. The lowest BCUT2D eigenvalue weighted by atomic mass is 9.99. The average Bonchev–Trinajstić information content (AvgIpc) is 3.44. The van der Waals surface area contributed by atoms with Gasteiger partial charge in [0.2, 0.25) is 0 Å². The summed E-state index contributed by atoms with van der Waals surface area (Å²) in [7, 11) is 3.55. The number of nitrogens with one attached hydrogen (secondary N) is 1. The van der Waals surface area contributed by atoms with Crippen molar-refractivity contribution < 1.29 is 9.21 Å². The molecule has 0 fully saturated rings. The van der Waals surface area contributed by atoms with Crippen molar-refractivity contribution in [3.63, 3.8) is 0 Å². The summed E-state index contributed by atoms with van der Waals surface area (Å²) in [5.41, 5.74) is 3.47. The van der Waals surface area contributed by atoms with E-state index in [1.54, 1.807) is 34.7 Å². The molecule has 5 heterocycles. The number of fused-ring (bicyclic) bond motifs is 2. The Labute approximate surface area is 159 Å². The number of hydrogen-bond acceptors (Lipinski definition) is 7. The Morgan fingerprint density at radius 2 is 2.21 bits per heavy atom. The Bertz CT molecular complexity index is 1120. The van der Waals surface area contributed by atoms with Crippen molar-refractivity contribution in [2.75, 3.05) is 25.5 Å². The monoisotopic (exact) mass is 378 g/mol. The van der Waals surface area contributed by atoms with E-state index in [1.807, 2.05) is 30.5 Å². The van der Waals surface area contributed by atoms with E-state index in [0.717, 1.165) is 22.6 Å². The van der Waals surface area contributed by atoms with Crippen LogP contribution in [0.1, 0.15) is 33.8 Å². The van der Waals surface area contributed by atoms with Crippen LogP contribution >= 0.6 is 0 Å². The Balaban J connectivity index is 1.58. The number of carbonyl (C=O) groups is 1. The number of anilines is 1. The first-order chi connectivity index (χ1) is 13.6. The first-order valence-corrected chi connectivity index (χ1v) is 8.90. The second-order valence-electron chi connectivity index (χ2n) is 6.84. The molecule has 1 aliphatic rings. The van der Waals surface area contributed by atoms with Gasteiger partial charge in [-0.3, -0.25) is 4.79 Å². The lowest BCUT2D eigenvalue weighted by Crippen LogP contribution is -2.41. The molecule has 1 amide bonds. The summed E-state index contributed by atoms with van der Waals surface area (Å²) in [5.74, 6) is -0.382. The second-order valence-corrected chi connectivity index (χ2v) is 6.84. The SMILES string of the molecule is CN(C)c1nnc(C(=O)N2CCc3[nH]cnc3C2c2cc3ccccn3n2)o1. The maximum Gasteiger partial charge on any atom is 0.318 e. The predicted octanol–water partition coefficient (Wildman–Crippen LogP) is 1.29. The molecule has 0 saturated carbocycles. The smallest absolute Gasteiger partial charge is 0.318 e. The number of carbonyl (C=O) groups excluding carboxylic acids is 1. The molecular weight excluding hydrogens is 360 g/mol. The zero-order valence-electron chi connectivity index (χ0n) is 15.4. The molecule has 1 atom stereocenters. The molecule has 5 rings (SSSR count). The Kier molecular flexibility index (Phi) is 3.64. The van der Waals surface area contributed by atoms with Gasteiger partial charge in [0.05, 0.1) is 23.2 Å². The Morgan fingerprint density at radius 1 is 1.32 bits per heavy atom. The van der Waals surface area contributed by atoms with Crippen LogP contribution < -0.4 is 4.90 Å². The van der Waals surface area contributed by atoms with Crippen molar-refractivity contribution in [2.24, 2.45) is 0 Å². The molecule has 0 spiro atoms. The Hall–Kier alpha value is -3.69. The number of aromatic amines is 1. The van der Waals surface area contributed by atoms with Crippen LogP contribution in [0, 0.1) is 0 Å². The highest BCUT2D eigenvalue weighted by molar-refractivity contribution is 5.90. The van der Waals surface area contributed by atoms with E-state index in [0.29, 0.717) is 13.0 Å². The number of imidazole rings is 1. The van der Waals surface area contributed by atoms with Gasteiger partial charge in [-0.25, -0.2) is 9.50 Å². The quantitative estimate of drug-likeness (QED) is 0.572. The van der Waals surface area contributed by atoms with Crippen LogP contribution in [-0.2, 0) is 6.42 Å². The van der Waals surface area contributed by atoms with E-state index in [1.165, 1.54) is 0 Å². The summed E-state index contributed by atoms with van der Waals surface area (Å²) in [6.07, 6.45) is 4.19. The van der Waals surface area contributed by atoms with Gasteiger partial charge in [0.15, 0.2) is 0 Å². The van der Waals surface area contributed by atoms with Crippen LogP contribution in [0.2, 0.25) is 0 Å². The highest BCUT2D eigenvalue weighted by atomic mass is 16.4.